The Kier molecular flexibility index (Phi) is 5.21. The fourth-order valence-corrected chi connectivity index (χ4v) is 2.20. The van der Waals surface area contributed by atoms with Gasteiger partial charge in [0.15, 0.2) is 0 Å². The molecular weight excluding hydrogens is 284 g/mol. The molecule has 4 heteroatoms. The van der Waals surface area contributed by atoms with Gasteiger partial charge in [0.05, 0.1) is 0 Å². The van der Waals surface area contributed by atoms with Gasteiger partial charge in [-0.15, -0.1) is 0 Å². The molecule has 1 unspecified atom stereocenters. The smallest absolute Gasteiger partial charge is 0.222 e. The van der Waals surface area contributed by atoms with E-state index in [1.165, 1.54) is 0 Å². The summed E-state index contributed by atoms with van der Waals surface area (Å²) in [7, 11) is 0. The molecule has 3 nitrogen and oxygen atoms in total. The number of rotatable bonds is 5. The van der Waals surface area contributed by atoms with Gasteiger partial charge in [-0.2, -0.15) is 0 Å². The molecule has 0 aliphatic carbocycles. The maximum absolute atomic E-state index is 6.01. The zero-order valence-corrected chi connectivity index (χ0v) is 13.4. The van der Waals surface area contributed by atoms with Crippen LogP contribution in [0.1, 0.15) is 30.0 Å². The van der Waals surface area contributed by atoms with Crippen LogP contribution in [0.4, 0.5) is 0 Å². The van der Waals surface area contributed by atoms with Crippen molar-refractivity contribution in [2.45, 2.75) is 39.7 Å². The normalized spacial score (nSPS) is 12.2. The summed E-state index contributed by atoms with van der Waals surface area (Å²) in [4.78, 5) is 4.40. The lowest BCUT2D eigenvalue weighted by molar-refractivity contribution is 0.458. The molecule has 1 aromatic carbocycles. The molecule has 0 saturated heterocycles. The lowest BCUT2D eigenvalue weighted by Gasteiger charge is -2.12. The Hall–Kier alpha value is -1.58. The van der Waals surface area contributed by atoms with Gasteiger partial charge in [-0.1, -0.05) is 18.5 Å². The summed E-state index contributed by atoms with van der Waals surface area (Å²) in [6, 6.07) is 7.84. The summed E-state index contributed by atoms with van der Waals surface area (Å²) < 4.78 is 5.83. The lowest BCUT2D eigenvalue weighted by atomic mass is 10.1. The highest BCUT2D eigenvalue weighted by molar-refractivity contribution is 6.31. The van der Waals surface area contributed by atoms with E-state index in [1.54, 1.807) is 0 Å². The Balaban J connectivity index is 2.15. The highest BCUT2D eigenvalue weighted by atomic mass is 35.5. The maximum Gasteiger partial charge on any atom is 0.222 e. The molecule has 0 spiro atoms. The average Bonchev–Trinajstić information content (AvgIpc) is 2.45. The fraction of sp³-hybridized carbons (Fsp3) is 0.353. The molecule has 0 saturated carbocycles. The van der Waals surface area contributed by atoms with Crippen molar-refractivity contribution in [3.8, 4) is 11.6 Å². The molecule has 1 atom stereocenters. The molecule has 2 N–H and O–H groups in total. The molecule has 0 amide bonds. The highest BCUT2D eigenvalue weighted by Crippen LogP contribution is 2.27. The van der Waals surface area contributed by atoms with Crippen LogP contribution in [-0.2, 0) is 6.42 Å². The van der Waals surface area contributed by atoms with E-state index in [0.29, 0.717) is 5.88 Å². The van der Waals surface area contributed by atoms with E-state index in [4.69, 9.17) is 22.1 Å². The number of ether oxygens (including phenoxy) is 1. The molecule has 0 aliphatic heterocycles. The quantitative estimate of drug-likeness (QED) is 0.889. The number of hydrogen-bond donors (Lipinski definition) is 1. The molecule has 0 fully saturated rings. The summed E-state index contributed by atoms with van der Waals surface area (Å²) >= 11 is 6.01. The maximum atomic E-state index is 6.01. The first kappa shape index (κ1) is 15.8. The first-order valence-electron chi connectivity index (χ1n) is 7.14. The highest BCUT2D eigenvalue weighted by Gasteiger charge is 2.08. The average molecular weight is 305 g/mol. The topological polar surface area (TPSA) is 48.1 Å². The van der Waals surface area contributed by atoms with Crippen LogP contribution >= 0.6 is 11.6 Å². The van der Waals surface area contributed by atoms with Gasteiger partial charge in [-0.25, -0.2) is 4.98 Å². The molecule has 2 aromatic rings. The Morgan fingerprint density at radius 2 is 2.00 bits per heavy atom. The zero-order chi connectivity index (χ0) is 15.4. The number of nitrogens with zero attached hydrogens (tertiary/aromatic N) is 1. The monoisotopic (exact) mass is 304 g/mol. The van der Waals surface area contributed by atoms with E-state index in [2.05, 4.69) is 18.0 Å². The van der Waals surface area contributed by atoms with Crippen LogP contribution in [-0.4, -0.2) is 11.0 Å². The first-order chi connectivity index (χ1) is 9.99. The molecule has 1 heterocycles. The van der Waals surface area contributed by atoms with Gasteiger partial charge in [0.1, 0.15) is 5.75 Å². The number of aromatic nitrogens is 1. The Bertz CT molecular complexity index is 628. The second-order valence-electron chi connectivity index (χ2n) is 5.35. The van der Waals surface area contributed by atoms with Gasteiger partial charge >= 0.3 is 0 Å². The van der Waals surface area contributed by atoms with Crippen LogP contribution in [0.2, 0.25) is 5.02 Å². The predicted molar refractivity (Wildman–Crippen MR) is 87.2 cm³/mol. The summed E-state index contributed by atoms with van der Waals surface area (Å²) in [5, 5.41) is 0.732. The fourth-order valence-electron chi connectivity index (χ4n) is 2.08. The van der Waals surface area contributed by atoms with E-state index in [1.807, 2.05) is 38.2 Å². The molecule has 0 aliphatic rings. The second kappa shape index (κ2) is 6.92. The van der Waals surface area contributed by atoms with Crippen LogP contribution in [0.5, 0.6) is 11.6 Å². The van der Waals surface area contributed by atoms with Crippen LogP contribution in [0.15, 0.2) is 30.5 Å². The number of nitrogens with two attached hydrogens (primary N) is 1. The van der Waals surface area contributed by atoms with E-state index in [9.17, 15) is 0 Å². The number of halogens is 1. The molecule has 21 heavy (non-hydrogen) atoms. The van der Waals surface area contributed by atoms with Gasteiger partial charge in [0.2, 0.25) is 5.88 Å². The van der Waals surface area contributed by atoms with Crippen molar-refractivity contribution >= 4 is 11.6 Å². The van der Waals surface area contributed by atoms with E-state index in [0.717, 1.165) is 40.3 Å². The third-order valence-electron chi connectivity index (χ3n) is 3.45. The van der Waals surface area contributed by atoms with Crippen LogP contribution in [0, 0.1) is 13.8 Å². The van der Waals surface area contributed by atoms with Crippen LogP contribution in [0.3, 0.4) is 0 Å². The van der Waals surface area contributed by atoms with Gasteiger partial charge in [-0.3, -0.25) is 0 Å². The molecule has 1 aromatic heterocycles. The molecule has 0 radical (unpaired) electrons. The van der Waals surface area contributed by atoms with Crippen LogP contribution in [0.25, 0.3) is 0 Å². The number of aryl methyl sites for hydroxylation is 2. The molecule has 0 bridgehead atoms. The number of benzene rings is 1. The number of pyridine rings is 1. The van der Waals surface area contributed by atoms with Crippen molar-refractivity contribution in [1.29, 1.82) is 0 Å². The van der Waals surface area contributed by atoms with Crippen molar-refractivity contribution in [1.82, 2.24) is 4.98 Å². The van der Waals surface area contributed by atoms with Gasteiger partial charge in [-0.05, 0) is 62.1 Å². The predicted octanol–water partition coefficient (Wildman–Crippen LogP) is 4.42. The minimum Gasteiger partial charge on any atom is -0.439 e. The van der Waals surface area contributed by atoms with Gasteiger partial charge < -0.3 is 10.5 Å². The van der Waals surface area contributed by atoms with Crippen molar-refractivity contribution in [2.75, 3.05) is 0 Å². The van der Waals surface area contributed by atoms with E-state index < -0.39 is 0 Å². The Morgan fingerprint density at radius 3 is 2.62 bits per heavy atom. The SMILES string of the molecule is CCC(N)Cc1cnc(Oc2ccc(Cl)c(C)c2)c(C)c1. The standard InChI is InChI=1S/C17H21ClN2O/c1-4-14(19)9-13-7-12(3)17(20-10-13)21-15-5-6-16(18)11(2)8-15/h5-8,10,14H,4,9,19H2,1-3H3. The largest absolute Gasteiger partial charge is 0.439 e. The van der Waals surface area contributed by atoms with Crippen LogP contribution < -0.4 is 10.5 Å². The summed E-state index contributed by atoms with van der Waals surface area (Å²) in [6.45, 7) is 6.03. The minimum atomic E-state index is 0.178. The Morgan fingerprint density at radius 1 is 1.24 bits per heavy atom. The van der Waals surface area contributed by atoms with E-state index >= 15 is 0 Å². The van der Waals surface area contributed by atoms with Gasteiger partial charge in [0, 0.05) is 22.8 Å². The molecule has 112 valence electrons. The summed E-state index contributed by atoms with van der Waals surface area (Å²) in [6.07, 6.45) is 3.63. The van der Waals surface area contributed by atoms with Crippen molar-refractivity contribution in [3.63, 3.8) is 0 Å². The summed E-state index contributed by atoms with van der Waals surface area (Å²) in [5.74, 6) is 1.36. The third kappa shape index (κ3) is 4.19. The minimum absolute atomic E-state index is 0.178. The first-order valence-corrected chi connectivity index (χ1v) is 7.52. The molecular formula is C17H21ClN2O. The zero-order valence-electron chi connectivity index (χ0n) is 12.7. The number of hydrogen-bond acceptors (Lipinski definition) is 3. The Labute approximate surface area is 131 Å². The van der Waals surface area contributed by atoms with Crippen molar-refractivity contribution in [2.24, 2.45) is 5.73 Å². The van der Waals surface area contributed by atoms with Crippen molar-refractivity contribution in [3.05, 3.63) is 52.2 Å². The van der Waals surface area contributed by atoms with E-state index in [-0.39, 0.29) is 6.04 Å². The molecule has 2 rings (SSSR count). The van der Waals surface area contributed by atoms with Gasteiger partial charge in [0.25, 0.3) is 0 Å². The second-order valence-corrected chi connectivity index (χ2v) is 5.76. The lowest BCUT2D eigenvalue weighted by Crippen LogP contribution is -2.21. The summed E-state index contributed by atoms with van der Waals surface area (Å²) in [5.41, 5.74) is 9.10. The van der Waals surface area contributed by atoms with Crippen molar-refractivity contribution < 1.29 is 4.74 Å². The third-order valence-corrected chi connectivity index (χ3v) is 3.88.